The van der Waals surface area contributed by atoms with Gasteiger partial charge in [-0.1, -0.05) is 0 Å². The molecule has 0 spiro atoms. The normalized spacial score (nSPS) is 19.2. The van der Waals surface area contributed by atoms with E-state index in [9.17, 15) is 12.6 Å². The van der Waals surface area contributed by atoms with Crippen LogP contribution >= 0.6 is 11.6 Å². The van der Waals surface area contributed by atoms with Crippen LogP contribution in [-0.2, 0) is 26.7 Å². The second kappa shape index (κ2) is 5.28. The van der Waals surface area contributed by atoms with Gasteiger partial charge >= 0.3 is 0 Å². The molecule has 102 valence electrons. The zero-order valence-corrected chi connectivity index (χ0v) is 12.2. The number of aromatic amines is 1. The highest BCUT2D eigenvalue weighted by Crippen LogP contribution is 2.22. The average Bonchev–Trinajstić information content (AvgIpc) is 2.71. The Morgan fingerprint density at radius 2 is 2.06 bits per heavy atom. The molecule has 0 aromatic carbocycles. The van der Waals surface area contributed by atoms with E-state index < -0.39 is 20.8 Å². The van der Waals surface area contributed by atoms with Gasteiger partial charge in [-0.3, -0.25) is 9.31 Å². The lowest BCUT2D eigenvalue weighted by molar-refractivity contribution is 0.436. The number of hydrogen-bond acceptors (Lipinski definition) is 4. The molecule has 0 bridgehead atoms. The lowest BCUT2D eigenvalue weighted by Gasteiger charge is -2.24. The molecule has 0 unspecified atom stereocenters. The van der Waals surface area contributed by atoms with Crippen LogP contribution in [0.5, 0.6) is 0 Å². The van der Waals surface area contributed by atoms with Gasteiger partial charge in [0.1, 0.15) is 0 Å². The van der Waals surface area contributed by atoms with Crippen LogP contribution in [0.25, 0.3) is 0 Å². The molecular weight excluding hydrogens is 298 g/mol. The predicted octanol–water partition coefficient (Wildman–Crippen LogP) is 0.210. The van der Waals surface area contributed by atoms with Gasteiger partial charge in [-0.25, -0.2) is 8.42 Å². The first kappa shape index (κ1) is 14.0. The van der Waals surface area contributed by atoms with Gasteiger partial charge in [-0.15, -0.1) is 11.6 Å². The number of aryl methyl sites for hydroxylation is 1. The second-order valence-electron chi connectivity index (χ2n) is 4.02. The highest BCUT2D eigenvalue weighted by Gasteiger charge is 2.32. The Morgan fingerprint density at radius 3 is 2.61 bits per heavy atom. The number of sulfonamides is 1. The molecule has 0 amide bonds. The lowest BCUT2D eigenvalue weighted by Crippen LogP contribution is -2.42. The molecule has 1 aromatic heterocycles. The monoisotopic (exact) mass is 311 g/mol. The largest absolute Gasteiger partial charge is 0.281 e. The van der Waals surface area contributed by atoms with E-state index in [-0.39, 0.29) is 24.0 Å². The fraction of sp³-hybridized carbons (Fsp3) is 0.667. The van der Waals surface area contributed by atoms with E-state index >= 15 is 0 Å². The SMILES string of the molecule is Cc1[nH]nc(S(=O)(=O)N2CCS(=O)CC2)c1CCl. The van der Waals surface area contributed by atoms with Gasteiger partial charge in [0.25, 0.3) is 10.0 Å². The standard InChI is InChI=1S/C9H14ClN3O3S2/c1-7-8(6-10)9(12-11-7)18(15,16)13-2-4-17(14)5-3-13/h2-6H2,1H3,(H,11,12). The first-order valence-electron chi connectivity index (χ1n) is 5.41. The van der Waals surface area contributed by atoms with Crippen LogP contribution in [0.4, 0.5) is 0 Å². The van der Waals surface area contributed by atoms with Crippen molar-refractivity contribution in [3.8, 4) is 0 Å². The van der Waals surface area contributed by atoms with Gasteiger partial charge in [0.05, 0.1) is 5.88 Å². The summed E-state index contributed by atoms with van der Waals surface area (Å²) in [6.45, 7) is 2.26. The molecule has 1 N–H and O–H groups in total. The first-order valence-corrected chi connectivity index (χ1v) is 8.88. The van der Waals surface area contributed by atoms with Crippen molar-refractivity contribution in [3.05, 3.63) is 11.3 Å². The van der Waals surface area contributed by atoms with E-state index in [2.05, 4.69) is 10.2 Å². The molecule has 0 atom stereocenters. The third kappa shape index (κ3) is 2.47. The maximum absolute atomic E-state index is 12.4. The zero-order chi connectivity index (χ0) is 13.3. The minimum absolute atomic E-state index is 0.0114. The lowest BCUT2D eigenvalue weighted by atomic mass is 10.3. The number of alkyl halides is 1. The minimum atomic E-state index is -3.64. The number of nitrogens with one attached hydrogen (secondary N) is 1. The quantitative estimate of drug-likeness (QED) is 0.809. The molecule has 18 heavy (non-hydrogen) atoms. The van der Waals surface area contributed by atoms with Crippen LogP contribution in [0.15, 0.2) is 5.03 Å². The molecule has 6 nitrogen and oxygen atoms in total. The van der Waals surface area contributed by atoms with Crippen molar-refractivity contribution < 1.29 is 12.6 Å². The molecule has 0 saturated carbocycles. The summed E-state index contributed by atoms with van der Waals surface area (Å²) in [5.41, 5.74) is 1.16. The van der Waals surface area contributed by atoms with E-state index in [0.29, 0.717) is 22.8 Å². The number of aromatic nitrogens is 2. The van der Waals surface area contributed by atoms with Crippen molar-refractivity contribution in [2.45, 2.75) is 17.8 Å². The Bertz CT molecular complexity index is 560. The summed E-state index contributed by atoms with van der Waals surface area (Å²) in [5, 5.41) is 6.47. The molecule has 9 heteroatoms. The van der Waals surface area contributed by atoms with Crippen LogP contribution in [0.2, 0.25) is 0 Å². The van der Waals surface area contributed by atoms with Crippen LogP contribution in [0.3, 0.4) is 0 Å². The zero-order valence-electron chi connectivity index (χ0n) is 9.85. The Morgan fingerprint density at radius 1 is 1.44 bits per heavy atom. The molecule has 1 saturated heterocycles. The molecule has 0 aliphatic carbocycles. The summed E-state index contributed by atoms with van der Waals surface area (Å²) < 4.78 is 37.3. The van der Waals surface area contributed by atoms with E-state index in [4.69, 9.17) is 11.6 Å². The highest BCUT2D eigenvalue weighted by atomic mass is 35.5. The van der Waals surface area contributed by atoms with Crippen LogP contribution < -0.4 is 0 Å². The van der Waals surface area contributed by atoms with Crippen molar-refractivity contribution in [1.29, 1.82) is 0 Å². The first-order chi connectivity index (χ1) is 8.46. The maximum atomic E-state index is 12.4. The summed E-state index contributed by atoms with van der Waals surface area (Å²) in [6, 6.07) is 0. The van der Waals surface area contributed by atoms with E-state index in [1.54, 1.807) is 6.92 Å². The predicted molar refractivity (Wildman–Crippen MR) is 69.5 cm³/mol. The number of nitrogens with zero attached hydrogens (tertiary/aromatic N) is 2. The molecule has 2 heterocycles. The highest BCUT2D eigenvalue weighted by molar-refractivity contribution is 7.89. The topological polar surface area (TPSA) is 83.1 Å². The molecule has 1 aliphatic rings. The third-order valence-electron chi connectivity index (χ3n) is 2.89. The van der Waals surface area contributed by atoms with Crippen molar-refractivity contribution in [2.75, 3.05) is 24.6 Å². The molecule has 1 aliphatic heterocycles. The summed E-state index contributed by atoms with van der Waals surface area (Å²) in [4.78, 5) is 0. The Hall–Kier alpha value is -0.440. The van der Waals surface area contributed by atoms with Gasteiger partial charge in [-0.05, 0) is 6.92 Å². The van der Waals surface area contributed by atoms with Gasteiger partial charge < -0.3 is 0 Å². The van der Waals surface area contributed by atoms with Crippen molar-refractivity contribution in [3.63, 3.8) is 0 Å². The minimum Gasteiger partial charge on any atom is -0.281 e. The van der Waals surface area contributed by atoms with Crippen molar-refractivity contribution >= 4 is 32.4 Å². The fourth-order valence-corrected chi connectivity index (χ4v) is 5.08. The summed E-state index contributed by atoms with van der Waals surface area (Å²) >= 11 is 5.76. The van der Waals surface area contributed by atoms with Gasteiger partial charge in [0, 0.05) is 46.7 Å². The third-order valence-corrected chi connectivity index (χ3v) is 6.31. The summed E-state index contributed by atoms with van der Waals surface area (Å²) in [7, 11) is -4.55. The smallest absolute Gasteiger partial charge is 0.262 e. The fourth-order valence-electron chi connectivity index (χ4n) is 1.78. The van der Waals surface area contributed by atoms with Gasteiger partial charge in [0.2, 0.25) is 0 Å². The molecule has 2 rings (SSSR count). The maximum Gasteiger partial charge on any atom is 0.262 e. The van der Waals surface area contributed by atoms with Gasteiger partial charge in [-0.2, -0.15) is 9.40 Å². The molecule has 1 fully saturated rings. The Balaban J connectivity index is 2.33. The number of hydrogen-bond donors (Lipinski definition) is 1. The second-order valence-corrected chi connectivity index (χ2v) is 7.83. The molecule has 0 radical (unpaired) electrons. The molecular formula is C9H14ClN3O3S2. The number of halogens is 1. The molecule has 1 aromatic rings. The Kier molecular flexibility index (Phi) is 4.10. The van der Waals surface area contributed by atoms with Crippen LogP contribution in [-0.4, -0.2) is 51.7 Å². The summed E-state index contributed by atoms with van der Waals surface area (Å²) in [6.07, 6.45) is 0. The van der Waals surface area contributed by atoms with Crippen molar-refractivity contribution in [2.24, 2.45) is 0 Å². The van der Waals surface area contributed by atoms with Crippen LogP contribution in [0, 0.1) is 6.92 Å². The number of rotatable bonds is 3. The van der Waals surface area contributed by atoms with E-state index in [1.165, 1.54) is 4.31 Å². The van der Waals surface area contributed by atoms with E-state index in [1.807, 2.05) is 0 Å². The van der Waals surface area contributed by atoms with Gasteiger partial charge in [0.15, 0.2) is 5.03 Å². The van der Waals surface area contributed by atoms with E-state index in [0.717, 1.165) is 0 Å². The summed E-state index contributed by atoms with van der Waals surface area (Å²) in [5.74, 6) is 0.842. The van der Waals surface area contributed by atoms with Crippen LogP contribution in [0.1, 0.15) is 11.3 Å². The Labute approximate surface area is 113 Å². The number of H-pyrrole nitrogens is 1. The van der Waals surface area contributed by atoms with Crippen molar-refractivity contribution in [1.82, 2.24) is 14.5 Å². The average molecular weight is 312 g/mol.